The molecule has 1 unspecified atom stereocenters. The van der Waals surface area contributed by atoms with Gasteiger partial charge in [-0.3, -0.25) is 0 Å². The molecule has 0 aromatic carbocycles. The zero-order valence-electron chi connectivity index (χ0n) is 12.0. The van der Waals surface area contributed by atoms with E-state index in [-0.39, 0.29) is 12.6 Å². The lowest BCUT2D eigenvalue weighted by Gasteiger charge is -2.18. The van der Waals surface area contributed by atoms with E-state index >= 15 is 0 Å². The first-order valence-electron chi connectivity index (χ1n) is 6.69. The van der Waals surface area contributed by atoms with Crippen molar-refractivity contribution in [1.82, 2.24) is 5.32 Å². The second-order valence-electron chi connectivity index (χ2n) is 4.68. The molecule has 0 aliphatic rings. The average molecular weight is 263 g/mol. The maximum absolute atomic E-state index is 9.16. The second kappa shape index (κ2) is 13.2. The molecule has 0 saturated heterocycles. The standard InChI is InChI=1S/C13H29NO4/c1-12(2)10-13(11-15)14-4-5-17-8-9-18-7-6-16-3/h12-15H,4-11H2,1-3H3. The molecule has 5 nitrogen and oxygen atoms in total. The van der Waals surface area contributed by atoms with E-state index in [0.29, 0.717) is 39.0 Å². The number of aliphatic hydroxyl groups excluding tert-OH is 1. The third-order valence-corrected chi connectivity index (χ3v) is 2.46. The second-order valence-corrected chi connectivity index (χ2v) is 4.68. The van der Waals surface area contributed by atoms with E-state index in [0.717, 1.165) is 13.0 Å². The molecule has 0 bridgehead atoms. The molecule has 0 aromatic rings. The van der Waals surface area contributed by atoms with E-state index < -0.39 is 0 Å². The minimum Gasteiger partial charge on any atom is -0.395 e. The maximum Gasteiger partial charge on any atom is 0.0701 e. The molecular weight excluding hydrogens is 234 g/mol. The average Bonchev–Trinajstić information content (AvgIpc) is 2.35. The Balaban J connectivity index is 3.23. The van der Waals surface area contributed by atoms with Gasteiger partial charge in [0.2, 0.25) is 0 Å². The predicted molar refractivity (Wildman–Crippen MR) is 71.8 cm³/mol. The number of ether oxygens (including phenoxy) is 3. The summed E-state index contributed by atoms with van der Waals surface area (Å²) in [6.45, 7) is 8.30. The van der Waals surface area contributed by atoms with E-state index in [4.69, 9.17) is 19.3 Å². The van der Waals surface area contributed by atoms with E-state index in [2.05, 4.69) is 19.2 Å². The Morgan fingerprint density at radius 1 is 1.00 bits per heavy atom. The molecule has 0 heterocycles. The zero-order valence-corrected chi connectivity index (χ0v) is 12.0. The first kappa shape index (κ1) is 17.8. The fraction of sp³-hybridized carbons (Fsp3) is 1.00. The van der Waals surface area contributed by atoms with Gasteiger partial charge in [0.05, 0.1) is 39.6 Å². The van der Waals surface area contributed by atoms with Crippen LogP contribution in [-0.4, -0.2) is 64.4 Å². The first-order chi connectivity index (χ1) is 8.70. The van der Waals surface area contributed by atoms with Crippen LogP contribution in [0.1, 0.15) is 20.3 Å². The molecule has 5 heteroatoms. The Hall–Kier alpha value is -0.200. The summed E-state index contributed by atoms with van der Waals surface area (Å²) in [5.74, 6) is 0.588. The molecule has 110 valence electrons. The van der Waals surface area contributed by atoms with Crippen molar-refractivity contribution in [2.24, 2.45) is 5.92 Å². The molecular formula is C13H29NO4. The van der Waals surface area contributed by atoms with Crippen molar-refractivity contribution in [1.29, 1.82) is 0 Å². The van der Waals surface area contributed by atoms with Gasteiger partial charge in [-0.05, 0) is 12.3 Å². The number of hydrogen-bond acceptors (Lipinski definition) is 5. The summed E-state index contributed by atoms with van der Waals surface area (Å²) in [5.41, 5.74) is 0. The third kappa shape index (κ3) is 12.3. The summed E-state index contributed by atoms with van der Waals surface area (Å²) in [5, 5.41) is 12.4. The minimum atomic E-state index is 0.173. The van der Waals surface area contributed by atoms with Gasteiger partial charge in [-0.15, -0.1) is 0 Å². The van der Waals surface area contributed by atoms with Gasteiger partial charge in [0.1, 0.15) is 0 Å². The van der Waals surface area contributed by atoms with Crippen LogP contribution in [0.25, 0.3) is 0 Å². The van der Waals surface area contributed by atoms with Crippen molar-refractivity contribution in [2.45, 2.75) is 26.3 Å². The fourth-order valence-corrected chi connectivity index (χ4v) is 1.59. The van der Waals surface area contributed by atoms with Gasteiger partial charge >= 0.3 is 0 Å². The topological polar surface area (TPSA) is 60.0 Å². The van der Waals surface area contributed by atoms with Crippen LogP contribution in [0.15, 0.2) is 0 Å². The van der Waals surface area contributed by atoms with Crippen LogP contribution < -0.4 is 5.32 Å². The fourth-order valence-electron chi connectivity index (χ4n) is 1.59. The third-order valence-electron chi connectivity index (χ3n) is 2.46. The van der Waals surface area contributed by atoms with Crippen LogP contribution in [0.3, 0.4) is 0 Å². The number of nitrogens with one attached hydrogen (secondary N) is 1. The molecule has 0 spiro atoms. The lowest BCUT2D eigenvalue weighted by atomic mass is 10.0. The van der Waals surface area contributed by atoms with Gasteiger partial charge in [0.15, 0.2) is 0 Å². The molecule has 0 amide bonds. The monoisotopic (exact) mass is 263 g/mol. The van der Waals surface area contributed by atoms with Crippen molar-refractivity contribution in [3.05, 3.63) is 0 Å². The van der Waals surface area contributed by atoms with Crippen molar-refractivity contribution in [3.63, 3.8) is 0 Å². The van der Waals surface area contributed by atoms with Gasteiger partial charge in [0, 0.05) is 19.7 Å². The summed E-state index contributed by atoms with van der Waals surface area (Å²) >= 11 is 0. The predicted octanol–water partition coefficient (Wildman–Crippen LogP) is 0.663. The highest BCUT2D eigenvalue weighted by Crippen LogP contribution is 2.03. The Kier molecular flexibility index (Phi) is 13.1. The number of hydrogen-bond donors (Lipinski definition) is 2. The van der Waals surface area contributed by atoms with Crippen LogP contribution in [0.2, 0.25) is 0 Å². The molecule has 0 radical (unpaired) electrons. The van der Waals surface area contributed by atoms with E-state index in [1.165, 1.54) is 0 Å². The molecule has 0 aromatic heterocycles. The normalized spacial score (nSPS) is 13.2. The van der Waals surface area contributed by atoms with Gasteiger partial charge in [-0.2, -0.15) is 0 Å². The smallest absolute Gasteiger partial charge is 0.0701 e. The van der Waals surface area contributed by atoms with E-state index in [1.54, 1.807) is 7.11 Å². The quantitative estimate of drug-likeness (QED) is 0.478. The van der Waals surface area contributed by atoms with E-state index in [1.807, 2.05) is 0 Å². The summed E-state index contributed by atoms with van der Waals surface area (Å²) in [6, 6.07) is 0.173. The SMILES string of the molecule is COCCOCCOCCNC(CO)CC(C)C. The number of methoxy groups -OCH3 is 1. The van der Waals surface area contributed by atoms with Crippen molar-refractivity contribution in [3.8, 4) is 0 Å². The molecule has 1 atom stereocenters. The van der Waals surface area contributed by atoms with Crippen LogP contribution in [0.5, 0.6) is 0 Å². The Bertz CT molecular complexity index is 167. The number of rotatable bonds is 13. The molecule has 0 fully saturated rings. The van der Waals surface area contributed by atoms with Gasteiger partial charge in [0.25, 0.3) is 0 Å². The Morgan fingerprint density at radius 3 is 2.17 bits per heavy atom. The van der Waals surface area contributed by atoms with Crippen LogP contribution in [-0.2, 0) is 14.2 Å². The Morgan fingerprint density at radius 2 is 1.61 bits per heavy atom. The van der Waals surface area contributed by atoms with Crippen molar-refractivity contribution >= 4 is 0 Å². The highest BCUT2D eigenvalue weighted by molar-refractivity contribution is 4.66. The summed E-state index contributed by atoms with van der Waals surface area (Å²) in [7, 11) is 1.65. The highest BCUT2D eigenvalue weighted by atomic mass is 16.5. The summed E-state index contributed by atoms with van der Waals surface area (Å²) in [4.78, 5) is 0. The molecule has 0 saturated carbocycles. The molecule has 0 aliphatic heterocycles. The lowest BCUT2D eigenvalue weighted by Crippen LogP contribution is -2.36. The van der Waals surface area contributed by atoms with Crippen LogP contribution in [0, 0.1) is 5.92 Å². The van der Waals surface area contributed by atoms with Gasteiger partial charge < -0.3 is 24.6 Å². The lowest BCUT2D eigenvalue weighted by molar-refractivity contribution is 0.0248. The molecule has 18 heavy (non-hydrogen) atoms. The van der Waals surface area contributed by atoms with Gasteiger partial charge in [-0.1, -0.05) is 13.8 Å². The number of aliphatic hydroxyl groups is 1. The summed E-state index contributed by atoms with van der Waals surface area (Å²) in [6.07, 6.45) is 0.983. The minimum absolute atomic E-state index is 0.173. The van der Waals surface area contributed by atoms with Gasteiger partial charge in [-0.25, -0.2) is 0 Å². The van der Waals surface area contributed by atoms with Crippen molar-refractivity contribution in [2.75, 3.05) is 53.3 Å². The van der Waals surface area contributed by atoms with Crippen LogP contribution >= 0.6 is 0 Å². The first-order valence-corrected chi connectivity index (χ1v) is 6.69. The summed E-state index contributed by atoms with van der Waals surface area (Å²) < 4.78 is 15.5. The maximum atomic E-state index is 9.16. The van der Waals surface area contributed by atoms with Crippen molar-refractivity contribution < 1.29 is 19.3 Å². The Labute approximate surface area is 111 Å². The highest BCUT2D eigenvalue weighted by Gasteiger charge is 2.08. The zero-order chi connectivity index (χ0) is 13.6. The largest absolute Gasteiger partial charge is 0.395 e. The molecule has 0 aliphatic carbocycles. The van der Waals surface area contributed by atoms with E-state index in [9.17, 15) is 0 Å². The molecule has 0 rings (SSSR count). The molecule has 2 N–H and O–H groups in total. The van der Waals surface area contributed by atoms with Crippen LogP contribution in [0.4, 0.5) is 0 Å².